The molecule has 2 aliphatic rings. The van der Waals surface area contributed by atoms with Crippen LogP contribution in [0.5, 0.6) is 5.75 Å². The van der Waals surface area contributed by atoms with Crippen LogP contribution in [-0.4, -0.2) is 6.92 Å². The first-order chi connectivity index (χ1) is 18.8. The fraction of sp³-hybridized carbons (Fsp3) is 0. The fourth-order valence-corrected chi connectivity index (χ4v) is 7.33. The zero-order valence-corrected chi connectivity index (χ0v) is 21.2. The number of hydrogen-bond donors (Lipinski definition) is 0. The Balaban J connectivity index is 1.45. The molecule has 0 saturated heterocycles. The van der Waals surface area contributed by atoms with E-state index in [0.29, 0.717) is 0 Å². The molecule has 9 rings (SSSR count). The van der Waals surface area contributed by atoms with Gasteiger partial charge in [-0.05, 0) is 68.9 Å². The van der Waals surface area contributed by atoms with Crippen molar-refractivity contribution in [3.63, 3.8) is 0 Å². The van der Waals surface area contributed by atoms with E-state index in [-0.39, 0.29) is 6.92 Å². The van der Waals surface area contributed by atoms with Crippen LogP contribution in [0.15, 0.2) is 121 Å². The van der Waals surface area contributed by atoms with E-state index >= 15 is 0 Å². The van der Waals surface area contributed by atoms with E-state index < -0.39 is 0 Å². The van der Waals surface area contributed by atoms with Gasteiger partial charge in [0, 0.05) is 43.6 Å². The second-order valence-corrected chi connectivity index (χ2v) is 11.0. The van der Waals surface area contributed by atoms with Crippen molar-refractivity contribution in [2.75, 3.05) is 4.90 Å². The normalized spacial score (nSPS) is 13.4. The van der Waals surface area contributed by atoms with E-state index in [4.69, 9.17) is 4.65 Å². The third kappa shape index (κ3) is 2.68. The van der Waals surface area contributed by atoms with Gasteiger partial charge in [-0.1, -0.05) is 78.9 Å². The van der Waals surface area contributed by atoms with Gasteiger partial charge in [-0.3, -0.25) is 0 Å². The second-order valence-electron chi connectivity index (χ2n) is 10.1. The monoisotopic (exact) mass is 501 g/mol. The molecule has 176 valence electrons. The minimum absolute atomic E-state index is 0.183. The van der Waals surface area contributed by atoms with E-state index in [9.17, 15) is 0 Å². The summed E-state index contributed by atoms with van der Waals surface area (Å²) < 4.78 is 8.23. The second kappa shape index (κ2) is 7.50. The molecule has 0 unspecified atom stereocenters. The van der Waals surface area contributed by atoms with Gasteiger partial charge in [0.15, 0.2) is 0 Å². The van der Waals surface area contributed by atoms with E-state index in [0.717, 1.165) is 11.4 Å². The summed E-state index contributed by atoms with van der Waals surface area (Å²) in [6, 6.07) is 41.8. The predicted octanol–water partition coefficient (Wildman–Crippen LogP) is 8.16. The topological polar surface area (TPSA) is 12.5 Å². The quantitative estimate of drug-likeness (QED) is 0.211. The Bertz CT molecular complexity index is 2090. The Hall–Kier alpha value is -4.54. The van der Waals surface area contributed by atoms with Crippen LogP contribution in [0.2, 0.25) is 0 Å². The summed E-state index contributed by atoms with van der Waals surface area (Å²) in [5.74, 6) is 0.952. The van der Waals surface area contributed by atoms with Crippen LogP contribution in [0.1, 0.15) is 0 Å². The molecule has 1 aromatic heterocycles. The number of thiophene rings is 1. The number of rotatable bonds is 1. The highest BCUT2D eigenvalue weighted by Gasteiger charge is 2.44. The average Bonchev–Trinajstić information content (AvgIpc) is 3.45. The molecule has 0 radical (unpaired) electrons. The van der Waals surface area contributed by atoms with Crippen LogP contribution in [0.4, 0.5) is 17.1 Å². The summed E-state index contributed by atoms with van der Waals surface area (Å²) in [6.45, 7) is -0.183. The Morgan fingerprint density at radius 1 is 0.605 bits per heavy atom. The van der Waals surface area contributed by atoms with Crippen LogP contribution in [0, 0.1) is 0 Å². The molecule has 0 saturated carbocycles. The van der Waals surface area contributed by atoms with Gasteiger partial charge >= 0.3 is 6.92 Å². The third-order valence-corrected chi connectivity index (χ3v) is 8.99. The first kappa shape index (κ1) is 20.5. The minimum atomic E-state index is -0.183. The Labute approximate surface area is 224 Å². The molecule has 2 nitrogen and oxygen atoms in total. The molecule has 0 bridgehead atoms. The lowest BCUT2D eigenvalue weighted by atomic mass is 9.48. The first-order valence-electron chi connectivity index (χ1n) is 13.0. The summed E-state index contributed by atoms with van der Waals surface area (Å²) in [5.41, 5.74) is 8.50. The van der Waals surface area contributed by atoms with Crippen LogP contribution < -0.4 is 20.5 Å². The minimum Gasteiger partial charge on any atom is -0.551 e. The molecule has 7 aromatic rings. The average molecular weight is 501 g/mol. The van der Waals surface area contributed by atoms with Crippen molar-refractivity contribution in [1.29, 1.82) is 0 Å². The van der Waals surface area contributed by atoms with E-state index in [1.165, 1.54) is 65.1 Å². The smallest absolute Gasteiger partial charge is 0.432 e. The maximum Gasteiger partial charge on any atom is 0.432 e. The van der Waals surface area contributed by atoms with Gasteiger partial charge in [0.05, 0.1) is 0 Å². The summed E-state index contributed by atoms with van der Waals surface area (Å²) in [7, 11) is 0. The van der Waals surface area contributed by atoms with Crippen molar-refractivity contribution in [3.8, 4) is 16.9 Å². The van der Waals surface area contributed by atoms with Crippen molar-refractivity contribution in [1.82, 2.24) is 0 Å². The zero-order chi connectivity index (χ0) is 24.8. The van der Waals surface area contributed by atoms with Gasteiger partial charge < -0.3 is 9.55 Å². The number of hydrogen-bond acceptors (Lipinski definition) is 3. The van der Waals surface area contributed by atoms with Crippen LogP contribution in [0.3, 0.4) is 0 Å². The molecular formula is C34H20BNOS. The lowest BCUT2D eigenvalue weighted by Crippen LogP contribution is -2.56. The van der Waals surface area contributed by atoms with Crippen molar-refractivity contribution >= 4 is 77.9 Å². The molecule has 4 heteroatoms. The molecule has 0 spiro atoms. The lowest BCUT2D eigenvalue weighted by Gasteiger charge is -2.40. The Morgan fingerprint density at radius 3 is 2.34 bits per heavy atom. The maximum absolute atomic E-state index is 6.93. The standard InChI is InChI=1S/C34H20BNOS/c1-2-9-23-19-24(15-13-21(23)7-1)36-28-16-14-22-8-3-4-10-25(22)33(28)35-34-29(36)20-31-27(17-18-38-31)32(34)26-11-5-6-12-30(26)37-35/h1-20H. The molecule has 3 heterocycles. The number of nitrogens with zero attached hydrogens (tertiary/aromatic N) is 1. The van der Waals surface area contributed by atoms with E-state index in [1.54, 1.807) is 11.3 Å². The molecule has 38 heavy (non-hydrogen) atoms. The third-order valence-electron chi connectivity index (χ3n) is 8.12. The molecule has 0 fully saturated rings. The van der Waals surface area contributed by atoms with Crippen molar-refractivity contribution < 1.29 is 4.65 Å². The van der Waals surface area contributed by atoms with Crippen LogP contribution >= 0.6 is 11.3 Å². The van der Waals surface area contributed by atoms with Gasteiger partial charge in [0.1, 0.15) is 5.75 Å². The van der Waals surface area contributed by atoms with Crippen LogP contribution in [-0.2, 0) is 0 Å². The Morgan fingerprint density at radius 2 is 1.39 bits per heavy atom. The molecule has 0 aliphatic carbocycles. The molecular weight excluding hydrogens is 481 g/mol. The molecule has 0 amide bonds. The van der Waals surface area contributed by atoms with Crippen molar-refractivity contribution in [2.45, 2.75) is 0 Å². The maximum atomic E-state index is 6.93. The molecule has 6 aromatic carbocycles. The van der Waals surface area contributed by atoms with Gasteiger partial charge in [0.25, 0.3) is 0 Å². The SMILES string of the molecule is c1ccc2c(c1)OB1c3c(cc4sccc4c3-2)N(c2ccc3ccccc3c2)c2ccc3ccccc3c21. The molecule has 2 aliphatic heterocycles. The zero-order valence-electron chi connectivity index (χ0n) is 20.4. The van der Waals surface area contributed by atoms with Gasteiger partial charge in [-0.2, -0.15) is 0 Å². The van der Waals surface area contributed by atoms with Gasteiger partial charge in [-0.25, -0.2) is 0 Å². The molecule has 0 atom stereocenters. The number of fused-ring (bicyclic) bond motifs is 9. The summed E-state index contributed by atoms with van der Waals surface area (Å²) in [4.78, 5) is 2.46. The van der Waals surface area contributed by atoms with E-state index in [2.05, 4.69) is 126 Å². The number of para-hydroxylation sites is 1. The van der Waals surface area contributed by atoms with E-state index in [1.807, 2.05) is 0 Å². The largest absolute Gasteiger partial charge is 0.551 e. The molecule has 0 N–H and O–H groups in total. The predicted molar refractivity (Wildman–Crippen MR) is 163 cm³/mol. The summed E-state index contributed by atoms with van der Waals surface area (Å²) >= 11 is 1.81. The van der Waals surface area contributed by atoms with Crippen LogP contribution in [0.25, 0.3) is 42.8 Å². The fourth-order valence-electron chi connectivity index (χ4n) is 6.50. The summed E-state index contributed by atoms with van der Waals surface area (Å²) in [5, 5.41) is 8.47. The van der Waals surface area contributed by atoms with Gasteiger partial charge in [-0.15, -0.1) is 11.3 Å². The highest BCUT2D eigenvalue weighted by molar-refractivity contribution is 7.17. The van der Waals surface area contributed by atoms with Crippen molar-refractivity contribution in [2.24, 2.45) is 0 Å². The lowest BCUT2D eigenvalue weighted by molar-refractivity contribution is 0.590. The number of benzene rings is 6. The summed E-state index contributed by atoms with van der Waals surface area (Å²) in [6.07, 6.45) is 0. The number of anilines is 3. The first-order valence-corrected chi connectivity index (χ1v) is 13.8. The Kier molecular flexibility index (Phi) is 4.05. The van der Waals surface area contributed by atoms with Crippen molar-refractivity contribution in [3.05, 3.63) is 121 Å². The van der Waals surface area contributed by atoms with Gasteiger partial charge in [0.2, 0.25) is 0 Å². The highest BCUT2D eigenvalue weighted by atomic mass is 32.1. The highest BCUT2D eigenvalue weighted by Crippen LogP contribution is 2.47.